The fraction of sp³-hybridized carbons (Fsp3) is 0.710. The molecule has 1 aliphatic heterocycles. The molecule has 0 unspecified atom stereocenters. The number of nitrogens with one attached hydrogen (secondary N) is 1. The van der Waals surface area contributed by atoms with Gasteiger partial charge >= 0.3 is 6.30 Å². The van der Waals surface area contributed by atoms with Crippen LogP contribution < -0.4 is 10.2 Å². The maximum Gasteiger partial charge on any atom is 0.484 e. The average Bonchev–Trinajstić information content (AvgIpc) is 3.27. The number of carbonyl (C=O) groups is 1. The van der Waals surface area contributed by atoms with Crippen LogP contribution in [0.3, 0.4) is 0 Å². The van der Waals surface area contributed by atoms with Crippen molar-refractivity contribution in [2.24, 2.45) is 28.6 Å². The summed E-state index contributed by atoms with van der Waals surface area (Å²) in [6.45, 7) is 9.19. The van der Waals surface area contributed by atoms with Crippen LogP contribution in [0.15, 0.2) is 29.3 Å². The summed E-state index contributed by atoms with van der Waals surface area (Å²) in [6, 6.07) is 4.71. The lowest BCUT2D eigenvalue weighted by Gasteiger charge is -2.62. The van der Waals surface area contributed by atoms with Crippen molar-refractivity contribution in [3.05, 3.63) is 34.9 Å². The lowest BCUT2D eigenvalue weighted by molar-refractivity contribution is -0.149. The van der Waals surface area contributed by atoms with Gasteiger partial charge in [0.2, 0.25) is 5.91 Å². The van der Waals surface area contributed by atoms with Crippen molar-refractivity contribution < 1.29 is 23.1 Å². The third kappa shape index (κ3) is 4.77. The first kappa shape index (κ1) is 27.5. The second-order valence-electron chi connectivity index (χ2n) is 13.2. The number of amides is 1. The summed E-state index contributed by atoms with van der Waals surface area (Å²) in [7, 11) is 0. The summed E-state index contributed by atoms with van der Waals surface area (Å²) in [4.78, 5) is 13.2. The topological polar surface area (TPSA) is 52.6 Å². The van der Waals surface area contributed by atoms with E-state index in [9.17, 15) is 23.1 Å². The summed E-state index contributed by atoms with van der Waals surface area (Å²) >= 11 is 0. The van der Waals surface area contributed by atoms with Crippen molar-refractivity contribution in [1.29, 1.82) is 0 Å². The fourth-order valence-corrected chi connectivity index (χ4v) is 8.83. The summed E-state index contributed by atoms with van der Waals surface area (Å²) < 4.78 is 39.5. The molecular formula is C31H43F3N2O2. The zero-order chi connectivity index (χ0) is 27.5. The molecular weight excluding hydrogens is 489 g/mol. The van der Waals surface area contributed by atoms with E-state index in [1.165, 1.54) is 24.5 Å². The van der Waals surface area contributed by atoms with Crippen molar-refractivity contribution >= 4 is 17.3 Å². The lowest BCUT2D eigenvalue weighted by Crippen LogP contribution is -2.56. The number of hydrogen-bond donors (Lipinski definition) is 2. The van der Waals surface area contributed by atoms with E-state index in [0.717, 1.165) is 38.5 Å². The summed E-state index contributed by atoms with van der Waals surface area (Å²) in [6.07, 6.45) is 4.49. The van der Waals surface area contributed by atoms with Crippen molar-refractivity contribution in [3.8, 4) is 0 Å². The Labute approximate surface area is 225 Å². The molecule has 0 spiro atoms. The Morgan fingerprint density at radius 2 is 1.89 bits per heavy atom. The Morgan fingerprint density at radius 3 is 2.63 bits per heavy atom. The highest BCUT2D eigenvalue weighted by atomic mass is 19.4. The van der Waals surface area contributed by atoms with Crippen LogP contribution >= 0.6 is 0 Å². The molecule has 210 valence electrons. The van der Waals surface area contributed by atoms with Gasteiger partial charge in [0, 0.05) is 24.3 Å². The van der Waals surface area contributed by atoms with E-state index in [4.69, 9.17) is 0 Å². The van der Waals surface area contributed by atoms with Gasteiger partial charge in [-0.05, 0) is 117 Å². The third-order valence-corrected chi connectivity index (χ3v) is 10.8. The van der Waals surface area contributed by atoms with Gasteiger partial charge < -0.3 is 10.4 Å². The summed E-state index contributed by atoms with van der Waals surface area (Å²) in [5.74, 6) is 1.68. The minimum Gasteiger partial charge on any atom is -0.393 e. The van der Waals surface area contributed by atoms with Crippen LogP contribution in [-0.4, -0.2) is 30.0 Å². The molecule has 0 aromatic heterocycles. The number of halogens is 3. The molecule has 3 aliphatic carbocycles. The molecule has 1 heterocycles. The maximum atomic E-state index is 13.2. The first-order valence-corrected chi connectivity index (χ1v) is 14.5. The molecule has 38 heavy (non-hydrogen) atoms. The van der Waals surface area contributed by atoms with Crippen LogP contribution in [0.25, 0.3) is 0 Å². The van der Waals surface area contributed by atoms with E-state index < -0.39 is 6.30 Å². The van der Waals surface area contributed by atoms with Crippen LogP contribution in [0.5, 0.6) is 0 Å². The summed E-state index contributed by atoms with van der Waals surface area (Å²) in [5.41, 5.74) is 4.64. The SMILES string of the molecule is CC1=C(CCCC(=O)Nc2ccc3c(c2)CCN3C(F)(F)F)[C@@H]2CC[C@H]3C(C)(C)[C@@H](O)CC[C@]3(C)[C@H]2CC1. The van der Waals surface area contributed by atoms with Gasteiger partial charge in [-0.25, -0.2) is 0 Å². The number of carbonyl (C=O) groups excluding carboxylic acids is 1. The first-order chi connectivity index (χ1) is 17.8. The number of anilines is 2. The number of allylic oxidation sites excluding steroid dienone is 2. The van der Waals surface area contributed by atoms with Gasteiger partial charge in [0.15, 0.2) is 0 Å². The van der Waals surface area contributed by atoms with E-state index in [2.05, 4.69) is 33.0 Å². The predicted molar refractivity (Wildman–Crippen MR) is 145 cm³/mol. The third-order valence-electron chi connectivity index (χ3n) is 10.8. The number of fused-ring (bicyclic) bond motifs is 4. The standard InChI is InChI=1S/C31H43F3N2O2/c1-19-8-11-24-23(10-13-26-29(2,3)27(37)14-16-30(24,26)4)22(19)6-5-7-28(38)35-21-9-12-25-20(18-21)15-17-36(25)31(32,33)34/h9,12,18,23-24,26-27,37H,5-8,10-11,13-17H2,1-4H3,(H,35,38)/t23-,24-,26-,27-,30+/m0/s1. The monoisotopic (exact) mass is 532 g/mol. The normalized spacial score (nSPS) is 32.5. The molecule has 7 heteroatoms. The Balaban J connectivity index is 1.19. The molecule has 2 fully saturated rings. The molecule has 0 saturated heterocycles. The van der Waals surface area contributed by atoms with Crippen LogP contribution in [0.4, 0.5) is 24.5 Å². The van der Waals surface area contributed by atoms with Crippen LogP contribution in [0.2, 0.25) is 0 Å². The number of hydrogen-bond acceptors (Lipinski definition) is 3. The zero-order valence-corrected chi connectivity index (χ0v) is 23.3. The van der Waals surface area contributed by atoms with Crippen molar-refractivity contribution in [2.45, 2.75) is 104 Å². The first-order valence-electron chi connectivity index (χ1n) is 14.5. The number of rotatable bonds is 5. The molecule has 2 saturated carbocycles. The van der Waals surface area contributed by atoms with Crippen LogP contribution in [0, 0.1) is 28.6 Å². The molecule has 4 aliphatic rings. The number of benzene rings is 1. The number of aliphatic hydroxyl groups excluding tert-OH is 1. The molecule has 1 amide bonds. The van der Waals surface area contributed by atoms with Crippen molar-refractivity contribution in [2.75, 3.05) is 16.8 Å². The van der Waals surface area contributed by atoms with Crippen molar-refractivity contribution in [1.82, 2.24) is 0 Å². The average molecular weight is 533 g/mol. The van der Waals surface area contributed by atoms with E-state index >= 15 is 0 Å². The molecule has 0 bridgehead atoms. The maximum absolute atomic E-state index is 13.2. The number of alkyl halides is 3. The van der Waals surface area contributed by atoms with Gasteiger partial charge in [-0.2, -0.15) is 13.2 Å². The smallest absolute Gasteiger partial charge is 0.393 e. The van der Waals surface area contributed by atoms with Gasteiger partial charge in [0.1, 0.15) is 0 Å². The Bertz CT molecular complexity index is 1110. The molecule has 5 rings (SSSR count). The van der Waals surface area contributed by atoms with E-state index in [0.29, 0.717) is 46.7 Å². The van der Waals surface area contributed by atoms with Gasteiger partial charge in [0.25, 0.3) is 0 Å². The molecule has 1 aromatic carbocycles. The van der Waals surface area contributed by atoms with E-state index in [1.54, 1.807) is 17.7 Å². The highest BCUT2D eigenvalue weighted by Crippen LogP contribution is 2.64. The largest absolute Gasteiger partial charge is 0.484 e. The molecule has 1 aromatic rings. The Hall–Kier alpha value is -2.02. The highest BCUT2D eigenvalue weighted by molar-refractivity contribution is 5.91. The van der Waals surface area contributed by atoms with Gasteiger partial charge in [-0.1, -0.05) is 31.9 Å². The van der Waals surface area contributed by atoms with Gasteiger partial charge in [0.05, 0.1) is 6.10 Å². The quantitative estimate of drug-likeness (QED) is 0.303. The highest BCUT2D eigenvalue weighted by Gasteiger charge is 2.58. The minimum absolute atomic E-state index is 0.0466. The summed E-state index contributed by atoms with van der Waals surface area (Å²) in [5, 5.41) is 13.7. The Kier molecular flexibility index (Phi) is 7.15. The predicted octanol–water partition coefficient (Wildman–Crippen LogP) is 7.62. The molecule has 2 N–H and O–H groups in total. The number of nitrogens with zero attached hydrogens (tertiary/aromatic N) is 1. The number of aliphatic hydroxyl groups is 1. The lowest BCUT2D eigenvalue weighted by atomic mass is 9.43. The van der Waals surface area contributed by atoms with Crippen molar-refractivity contribution in [3.63, 3.8) is 0 Å². The van der Waals surface area contributed by atoms with Gasteiger partial charge in [-0.15, -0.1) is 0 Å². The van der Waals surface area contributed by atoms with E-state index in [1.807, 2.05) is 0 Å². The molecule has 4 nitrogen and oxygen atoms in total. The minimum atomic E-state index is -4.38. The van der Waals surface area contributed by atoms with Crippen LogP contribution in [-0.2, 0) is 11.2 Å². The van der Waals surface area contributed by atoms with Gasteiger partial charge in [-0.3, -0.25) is 9.69 Å². The van der Waals surface area contributed by atoms with E-state index in [-0.39, 0.29) is 35.1 Å². The second kappa shape index (κ2) is 9.87. The molecule has 5 atom stereocenters. The Morgan fingerprint density at radius 1 is 1.13 bits per heavy atom. The van der Waals surface area contributed by atoms with Crippen LogP contribution in [0.1, 0.15) is 91.0 Å². The zero-order valence-electron chi connectivity index (χ0n) is 23.3. The second-order valence-corrected chi connectivity index (χ2v) is 13.2. The molecule has 0 radical (unpaired) electrons. The fourth-order valence-electron chi connectivity index (χ4n) is 8.83.